The Labute approximate surface area is 179 Å². The molecule has 1 unspecified atom stereocenters. The average Bonchev–Trinajstić information content (AvgIpc) is 3.34. The van der Waals surface area contributed by atoms with Crippen LogP contribution in [0.3, 0.4) is 0 Å². The standard InChI is InChI=1S/C20H23N7O3S/c1-13-12-30-11-10-25(13)18-16-8-9-17(31(3,28)29)27(16)24-20(23-18)26-15-7-5-4-6-14(15)22-19(26)21-2/h4-9,13H,10-12H2,1-3H3,(H,21,22). The molecule has 0 saturated carbocycles. The third kappa shape index (κ3) is 3.20. The van der Waals surface area contributed by atoms with Crippen LogP contribution < -0.4 is 10.2 Å². The molecule has 1 aromatic carbocycles. The molecule has 1 atom stereocenters. The Balaban J connectivity index is 1.84. The second-order valence-electron chi connectivity index (χ2n) is 7.60. The van der Waals surface area contributed by atoms with E-state index >= 15 is 0 Å². The number of sulfone groups is 1. The van der Waals surface area contributed by atoms with Crippen molar-refractivity contribution in [1.29, 1.82) is 0 Å². The van der Waals surface area contributed by atoms with Gasteiger partial charge in [0.1, 0.15) is 5.52 Å². The van der Waals surface area contributed by atoms with Crippen molar-refractivity contribution < 1.29 is 13.2 Å². The summed E-state index contributed by atoms with van der Waals surface area (Å²) in [4.78, 5) is 11.6. The predicted octanol–water partition coefficient (Wildman–Crippen LogP) is 1.74. The lowest BCUT2D eigenvalue weighted by Crippen LogP contribution is -2.44. The smallest absolute Gasteiger partial charge is 0.257 e. The van der Waals surface area contributed by atoms with Crippen LogP contribution in [0.1, 0.15) is 6.92 Å². The molecule has 0 spiro atoms. The van der Waals surface area contributed by atoms with E-state index in [1.807, 2.05) is 24.3 Å². The molecule has 1 aliphatic heterocycles. The summed E-state index contributed by atoms with van der Waals surface area (Å²) < 4.78 is 33.7. The van der Waals surface area contributed by atoms with Gasteiger partial charge in [-0.1, -0.05) is 12.1 Å². The molecule has 5 rings (SSSR count). The number of rotatable bonds is 4. The van der Waals surface area contributed by atoms with Gasteiger partial charge in [0.25, 0.3) is 5.95 Å². The van der Waals surface area contributed by atoms with Crippen molar-refractivity contribution in [2.75, 3.05) is 43.3 Å². The minimum absolute atomic E-state index is 0.0835. The average molecular weight is 442 g/mol. The van der Waals surface area contributed by atoms with Gasteiger partial charge in [0.15, 0.2) is 20.7 Å². The molecule has 3 aromatic heterocycles. The predicted molar refractivity (Wildman–Crippen MR) is 118 cm³/mol. The number of anilines is 2. The van der Waals surface area contributed by atoms with E-state index in [2.05, 4.69) is 27.2 Å². The Bertz CT molecular complexity index is 1390. The van der Waals surface area contributed by atoms with Gasteiger partial charge in [-0.05, 0) is 31.2 Å². The van der Waals surface area contributed by atoms with Crippen molar-refractivity contribution in [2.24, 2.45) is 0 Å². The van der Waals surface area contributed by atoms with Crippen LogP contribution in [0, 0.1) is 0 Å². The third-order valence-corrected chi connectivity index (χ3v) is 6.52. The summed E-state index contributed by atoms with van der Waals surface area (Å²) in [7, 11) is -1.73. The molecule has 0 bridgehead atoms. The van der Waals surface area contributed by atoms with Crippen molar-refractivity contribution in [3.05, 3.63) is 36.4 Å². The molecule has 4 heterocycles. The Morgan fingerprint density at radius 3 is 2.68 bits per heavy atom. The maximum absolute atomic E-state index is 12.4. The fourth-order valence-electron chi connectivity index (χ4n) is 3.97. The molecule has 1 aliphatic rings. The highest BCUT2D eigenvalue weighted by Crippen LogP contribution is 2.29. The number of fused-ring (bicyclic) bond motifs is 2. The second kappa shape index (κ2) is 7.20. The second-order valence-corrected chi connectivity index (χ2v) is 9.57. The van der Waals surface area contributed by atoms with Crippen LogP contribution in [0.5, 0.6) is 0 Å². The van der Waals surface area contributed by atoms with Gasteiger partial charge in [-0.3, -0.25) is 0 Å². The molecular weight excluding hydrogens is 418 g/mol. The highest BCUT2D eigenvalue weighted by Gasteiger charge is 2.27. The van der Waals surface area contributed by atoms with E-state index in [0.29, 0.717) is 43.0 Å². The summed E-state index contributed by atoms with van der Waals surface area (Å²) in [5.41, 5.74) is 2.24. The van der Waals surface area contributed by atoms with Gasteiger partial charge < -0.3 is 15.0 Å². The molecule has 1 N–H and O–H groups in total. The van der Waals surface area contributed by atoms with Gasteiger partial charge in [0.05, 0.1) is 30.3 Å². The number of benzene rings is 1. The minimum Gasteiger partial charge on any atom is -0.377 e. The summed E-state index contributed by atoms with van der Waals surface area (Å²) in [6.45, 7) is 3.85. The van der Waals surface area contributed by atoms with Crippen molar-refractivity contribution in [3.63, 3.8) is 0 Å². The molecule has 10 nitrogen and oxygen atoms in total. The minimum atomic E-state index is -3.50. The first-order valence-electron chi connectivity index (χ1n) is 9.98. The van der Waals surface area contributed by atoms with Crippen molar-refractivity contribution in [3.8, 4) is 5.95 Å². The van der Waals surface area contributed by atoms with Crippen LogP contribution in [0.4, 0.5) is 11.8 Å². The molecule has 11 heteroatoms. The van der Waals surface area contributed by atoms with Crippen LogP contribution in [0.15, 0.2) is 41.4 Å². The first kappa shape index (κ1) is 19.8. The Morgan fingerprint density at radius 1 is 1.13 bits per heavy atom. The largest absolute Gasteiger partial charge is 0.377 e. The fourth-order valence-corrected chi connectivity index (χ4v) is 4.74. The molecule has 0 amide bonds. The van der Waals surface area contributed by atoms with Gasteiger partial charge in [0, 0.05) is 19.8 Å². The summed E-state index contributed by atoms with van der Waals surface area (Å²) in [5.74, 6) is 1.56. The van der Waals surface area contributed by atoms with Crippen LogP contribution >= 0.6 is 0 Å². The van der Waals surface area contributed by atoms with Crippen LogP contribution in [-0.2, 0) is 14.6 Å². The summed E-state index contributed by atoms with van der Waals surface area (Å²) in [5, 5.41) is 7.84. The number of aromatic nitrogens is 5. The lowest BCUT2D eigenvalue weighted by Gasteiger charge is -2.34. The lowest BCUT2D eigenvalue weighted by molar-refractivity contribution is 0.0986. The molecule has 1 fully saturated rings. The molecule has 162 valence electrons. The number of hydrogen-bond acceptors (Lipinski definition) is 8. The lowest BCUT2D eigenvalue weighted by atomic mass is 10.2. The molecular formula is C20H23N7O3S. The SMILES string of the molecule is CNc1nc2ccccc2n1-c1nc(N2CCOCC2C)c2ccc(S(C)(=O)=O)n2n1. The highest BCUT2D eigenvalue weighted by atomic mass is 32.2. The Hall–Kier alpha value is -3.18. The first-order chi connectivity index (χ1) is 14.9. The quantitative estimate of drug-likeness (QED) is 0.510. The van der Waals surface area contributed by atoms with Crippen LogP contribution in [0.25, 0.3) is 22.5 Å². The van der Waals surface area contributed by atoms with Crippen molar-refractivity contribution in [2.45, 2.75) is 18.0 Å². The zero-order chi connectivity index (χ0) is 21.8. The van der Waals surface area contributed by atoms with Gasteiger partial charge in [-0.2, -0.15) is 4.98 Å². The van der Waals surface area contributed by atoms with Gasteiger partial charge in [0.2, 0.25) is 5.95 Å². The van der Waals surface area contributed by atoms with Crippen molar-refractivity contribution >= 4 is 38.2 Å². The monoisotopic (exact) mass is 441 g/mol. The maximum Gasteiger partial charge on any atom is 0.257 e. The van der Waals surface area contributed by atoms with E-state index in [4.69, 9.17) is 9.72 Å². The molecule has 4 aromatic rings. The number of morpholine rings is 1. The number of ether oxygens (including phenoxy) is 1. The van der Waals surface area contributed by atoms with Gasteiger partial charge >= 0.3 is 0 Å². The highest BCUT2D eigenvalue weighted by molar-refractivity contribution is 7.90. The van der Waals surface area contributed by atoms with E-state index in [-0.39, 0.29) is 11.1 Å². The van der Waals surface area contributed by atoms with E-state index < -0.39 is 9.84 Å². The van der Waals surface area contributed by atoms with E-state index in [0.717, 1.165) is 11.0 Å². The zero-order valence-electron chi connectivity index (χ0n) is 17.5. The van der Waals surface area contributed by atoms with Crippen molar-refractivity contribution in [1.82, 2.24) is 24.1 Å². The van der Waals surface area contributed by atoms with Crippen LogP contribution in [0.2, 0.25) is 0 Å². The summed E-state index contributed by atoms with van der Waals surface area (Å²) in [6, 6.07) is 11.1. The summed E-state index contributed by atoms with van der Waals surface area (Å²) >= 11 is 0. The van der Waals surface area contributed by atoms with Crippen LogP contribution in [-0.4, -0.2) is 71.7 Å². The number of para-hydroxylation sites is 2. The zero-order valence-corrected chi connectivity index (χ0v) is 18.3. The normalized spacial score (nSPS) is 17.5. The maximum atomic E-state index is 12.4. The number of imidazole rings is 1. The van der Waals surface area contributed by atoms with Gasteiger partial charge in [-0.25, -0.2) is 22.5 Å². The molecule has 1 saturated heterocycles. The molecule has 0 aliphatic carbocycles. The Kier molecular flexibility index (Phi) is 4.59. The fraction of sp³-hybridized carbons (Fsp3) is 0.350. The van der Waals surface area contributed by atoms with E-state index in [9.17, 15) is 8.42 Å². The topological polar surface area (TPSA) is 107 Å². The molecule has 0 radical (unpaired) electrons. The van der Waals surface area contributed by atoms with E-state index in [1.165, 1.54) is 10.8 Å². The number of nitrogens with zero attached hydrogens (tertiary/aromatic N) is 6. The summed E-state index contributed by atoms with van der Waals surface area (Å²) in [6.07, 6.45) is 1.18. The first-order valence-corrected chi connectivity index (χ1v) is 11.9. The van der Waals surface area contributed by atoms with E-state index in [1.54, 1.807) is 23.7 Å². The number of hydrogen-bond donors (Lipinski definition) is 1. The third-order valence-electron chi connectivity index (χ3n) is 5.45. The molecule has 31 heavy (non-hydrogen) atoms. The Morgan fingerprint density at radius 2 is 1.94 bits per heavy atom. The van der Waals surface area contributed by atoms with Gasteiger partial charge in [-0.15, -0.1) is 5.10 Å². The number of nitrogens with one attached hydrogen (secondary N) is 1.